The highest BCUT2D eigenvalue weighted by Gasteiger charge is 2.25. The molecule has 160 valence electrons. The molecule has 0 radical (unpaired) electrons. The van der Waals surface area contributed by atoms with Gasteiger partial charge in [0.15, 0.2) is 0 Å². The van der Waals surface area contributed by atoms with Crippen molar-refractivity contribution in [2.45, 2.75) is 25.8 Å². The van der Waals surface area contributed by atoms with Crippen LogP contribution in [0, 0.1) is 5.82 Å². The van der Waals surface area contributed by atoms with Crippen LogP contribution in [0.15, 0.2) is 24.4 Å². The molecule has 1 aromatic carbocycles. The smallest absolute Gasteiger partial charge is 0.409 e. The molecule has 3 N–H and O–H groups in total. The molecule has 2 heterocycles. The SMILES string of the molecule is CCOC(=O)N1CCC(Nc2ncc(C(=O)c3cc(F)ccc3OC)c(N)n2)CC1. The van der Waals surface area contributed by atoms with Crippen molar-refractivity contribution < 1.29 is 23.5 Å². The normalized spacial score (nSPS) is 14.3. The zero-order chi connectivity index (χ0) is 21.7. The van der Waals surface area contributed by atoms with Crippen LogP contribution in [0.2, 0.25) is 0 Å². The van der Waals surface area contributed by atoms with E-state index in [-0.39, 0.29) is 40.8 Å². The van der Waals surface area contributed by atoms with Crippen LogP contribution in [0.1, 0.15) is 35.7 Å². The molecule has 10 heteroatoms. The van der Waals surface area contributed by atoms with Gasteiger partial charge in [-0.1, -0.05) is 0 Å². The summed E-state index contributed by atoms with van der Waals surface area (Å²) in [5.41, 5.74) is 6.07. The average Bonchev–Trinajstić information content (AvgIpc) is 2.74. The third-order valence-corrected chi connectivity index (χ3v) is 4.82. The molecule has 1 aliphatic rings. The molecule has 0 saturated carbocycles. The highest BCUT2D eigenvalue weighted by atomic mass is 19.1. The Hall–Kier alpha value is -3.43. The number of amides is 1. The second-order valence-corrected chi connectivity index (χ2v) is 6.77. The van der Waals surface area contributed by atoms with E-state index in [0.717, 1.165) is 6.07 Å². The number of hydrogen-bond acceptors (Lipinski definition) is 8. The highest BCUT2D eigenvalue weighted by molar-refractivity contribution is 6.13. The minimum atomic E-state index is -0.564. The van der Waals surface area contributed by atoms with E-state index in [1.807, 2.05) is 0 Å². The van der Waals surface area contributed by atoms with Gasteiger partial charge in [-0.3, -0.25) is 4.79 Å². The van der Waals surface area contributed by atoms with Crippen molar-refractivity contribution in [1.29, 1.82) is 0 Å². The van der Waals surface area contributed by atoms with Gasteiger partial charge in [0.05, 0.1) is 24.8 Å². The Morgan fingerprint density at radius 3 is 2.67 bits per heavy atom. The summed E-state index contributed by atoms with van der Waals surface area (Å²) in [6.07, 6.45) is 2.39. The third-order valence-electron chi connectivity index (χ3n) is 4.82. The summed E-state index contributed by atoms with van der Waals surface area (Å²) < 4.78 is 23.7. The molecule has 0 spiro atoms. The van der Waals surface area contributed by atoms with Gasteiger partial charge >= 0.3 is 6.09 Å². The molecule has 1 aliphatic heterocycles. The van der Waals surface area contributed by atoms with Gasteiger partial charge in [-0.15, -0.1) is 0 Å². The second-order valence-electron chi connectivity index (χ2n) is 6.77. The zero-order valence-electron chi connectivity index (χ0n) is 16.9. The van der Waals surface area contributed by atoms with Crippen LogP contribution in [-0.2, 0) is 4.74 Å². The van der Waals surface area contributed by atoms with E-state index in [0.29, 0.717) is 32.5 Å². The Bertz CT molecular complexity index is 931. The van der Waals surface area contributed by atoms with Gasteiger partial charge < -0.3 is 25.4 Å². The van der Waals surface area contributed by atoms with Gasteiger partial charge in [-0.2, -0.15) is 4.98 Å². The van der Waals surface area contributed by atoms with E-state index in [9.17, 15) is 14.0 Å². The van der Waals surface area contributed by atoms with Crippen LogP contribution in [0.25, 0.3) is 0 Å². The first-order valence-corrected chi connectivity index (χ1v) is 9.62. The predicted molar refractivity (Wildman–Crippen MR) is 108 cm³/mol. The molecule has 9 nitrogen and oxygen atoms in total. The van der Waals surface area contributed by atoms with E-state index in [4.69, 9.17) is 15.2 Å². The molecule has 0 bridgehead atoms. The maximum Gasteiger partial charge on any atom is 0.409 e. The van der Waals surface area contributed by atoms with E-state index in [1.165, 1.54) is 25.4 Å². The number of nitrogen functional groups attached to an aromatic ring is 1. The molecule has 1 aromatic heterocycles. The third kappa shape index (κ3) is 4.76. The number of likely N-dealkylation sites (tertiary alicyclic amines) is 1. The highest BCUT2D eigenvalue weighted by Crippen LogP contribution is 2.25. The fourth-order valence-corrected chi connectivity index (χ4v) is 3.25. The summed E-state index contributed by atoms with van der Waals surface area (Å²) in [5.74, 6) is -0.599. The van der Waals surface area contributed by atoms with Crippen LogP contribution < -0.4 is 15.8 Å². The molecule has 0 unspecified atom stereocenters. The lowest BCUT2D eigenvalue weighted by atomic mass is 10.0. The van der Waals surface area contributed by atoms with Gasteiger partial charge in [-0.05, 0) is 38.0 Å². The topological polar surface area (TPSA) is 120 Å². The van der Waals surface area contributed by atoms with Crippen molar-refractivity contribution in [3.05, 3.63) is 41.3 Å². The Morgan fingerprint density at radius 1 is 1.30 bits per heavy atom. The summed E-state index contributed by atoms with van der Waals surface area (Å²) in [4.78, 5) is 34.6. The van der Waals surface area contributed by atoms with Crippen molar-refractivity contribution in [2.75, 3.05) is 37.9 Å². The lowest BCUT2D eigenvalue weighted by Gasteiger charge is -2.31. The Kier molecular flexibility index (Phi) is 6.65. The number of aromatic nitrogens is 2. The average molecular weight is 417 g/mol. The summed E-state index contributed by atoms with van der Waals surface area (Å²) in [6.45, 7) is 3.23. The van der Waals surface area contributed by atoms with Crippen molar-refractivity contribution in [2.24, 2.45) is 0 Å². The number of benzene rings is 1. The molecule has 1 saturated heterocycles. The number of carbonyl (C=O) groups is 2. The number of halogens is 1. The first-order valence-electron chi connectivity index (χ1n) is 9.62. The number of nitrogens with one attached hydrogen (secondary N) is 1. The summed E-state index contributed by atoms with van der Waals surface area (Å²) in [6, 6.07) is 3.72. The Labute approximate surface area is 173 Å². The number of anilines is 2. The van der Waals surface area contributed by atoms with Gasteiger partial charge in [0.25, 0.3) is 0 Å². The van der Waals surface area contributed by atoms with Crippen LogP contribution in [0.3, 0.4) is 0 Å². The van der Waals surface area contributed by atoms with Gasteiger partial charge in [0, 0.05) is 25.3 Å². The molecular weight excluding hydrogens is 393 g/mol. The Balaban J connectivity index is 1.67. The van der Waals surface area contributed by atoms with Crippen molar-refractivity contribution in [1.82, 2.24) is 14.9 Å². The van der Waals surface area contributed by atoms with Crippen molar-refractivity contribution >= 4 is 23.6 Å². The second kappa shape index (κ2) is 9.38. The molecule has 1 fully saturated rings. The number of piperidine rings is 1. The summed E-state index contributed by atoms with van der Waals surface area (Å²) >= 11 is 0. The monoisotopic (exact) mass is 417 g/mol. The number of nitrogens with two attached hydrogens (primary N) is 1. The number of methoxy groups -OCH3 is 1. The minimum Gasteiger partial charge on any atom is -0.496 e. The van der Waals surface area contributed by atoms with Crippen molar-refractivity contribution in [3.63, 3.8) is 0 Å². The number of ketones is 1. The molecule has 0 aliphatic carbocycles. The number of nitrogens with zero attached hydrogens (tertiary/aromatic N) is 3. The van der Waals surface area contributed by atoms with E-state index in [1.54, 1.807) is 11.8 Å². The number of rotatable bonds is 6. The molecule has 3 rings (SSSR count). The fraction of sp³-hybridized carbons (Fsp3) is 0.400. The number of carbonyl (C=O) groups excluding carboxylic acids is 2. The van der Waals surface area contributed by atoms with Gasteiger partial charge in [0.2, 0.25) is 11.7 Å². The van der Waals surface area contributed by atoms with Crippen LogP contribution in [0.5, 0.6) is 5.75 Å². The van der Waals surface area contributed by atoms with E-state index in [2.05, 4.69) is 15.3 Å². The number of ether oxygens (including phenoxy) is 2. The predicted octanol–water partition coefficient (Wildman–Crippen LogP) is 2.47. The molecule has 0 atom stereocenters. The first-order chi connectivity index (χ1) is 14.4. The molecule has 1 amide bonds. The maximum absolute atomic E-state index is 13.6. The molecule has 30 heavy (non-hydrogen) atoms. The minimum absolute atomic E-state index is 0.0206. The van der Waals surface area contributed by atoms with Crippen LogP contribution in [-0.4, -0.2) is 59.6 Å². The molecule has 2 aromatic rings. The first kappa shape index (κ1) is 21.3. The maximum atomic E-state index is 13.6. The largest absolute Gasteiger partial charge is 0.496 e. The summed E-state index contributed by atoms with van der Waals surface area (Å²) in [5, 5.41) is 3.17. The zero-order valence-corrected chi connectivity index (χ0v) is 16.9. The van der Waals surface area contributed by atoms with Gasteiger partial charge in [0.1, 0.15) is 17.4 Å². The lowest BCUT2D eigenvalue weighted by molar-refractivity contribution is 0.0982. The van der Waals surface area contributed by atoms with Crippen LogP contribution in [0.4, 0.5) is 21.0 Å². The lowest BCUT2D eigenvalue weighted by Crippen LogP contribution is -2.42. The van der Waals surface area contributed by atoms with Gasteiger partial charge in [-0.25, -0.2) is 14.2 Å². The molecular formula is C20H24FN5O4. The van der Waals surface area contributed by atoms with E-state index >= 15 is 0 Å². The fourth-order valence-electron chi connectivity index (χ4n) is 3.25. The number of hydrogen-bond donors (Lipinski definition) is 2. The standard InChI is InChI=1S/C20H24FN5O4/c1-3-30-20(28)26-8-6-13(7-9-26)24-19-23-11-15(18(22)25-19)17(27)14-10-12(21)4-5-16(14)29-2/h4-5,10-11,13H,3,6-9H2,1-2H3,(H3,22,23,24,25). The summed E-state index contributed by atoms with van der Waals surface area (Å²) in [7, 11) is 1.39. The Morgan fingerprint density at radius 2 is 2.03 bits per heavy atom. The van der Waals surface area contributed by atoms with Crippen molar-refractivity contribution in [3.8, 4) is 5.75 Å². The van der Waals surface area contributed by atoms with Crippen LogP contribution >= 0.6 is 0 Å². The van der Waals surface area contributed by atoms with E-state index < -0.39 is 11.6 Å². The quantitative estimate of drug-likeness (QED) is 0.688.